The summed E-state index contributed by atoms with van der Waals surface area (Å²) >= 11 is 5.97. The molecule has 6 nitrogen and oxygen atoms in total. The number of sulfonamides is 1. The number of rotatable bonds is 9. The Labute approximate surface area is 211 Å². The molecule has 1 aliphatic carbocycles. The highest BCUT2D eigenvalue weighted by Crippen LogP contribution is 2.33. The highest BCUT2D eigenvalue weighted by Gasteiger charge is 2.30. The minimum atomic E-state index is -4.08. The second kappa shape index (κ2) is 10.7. The lowest BCUT2D eigenvalue weighted by molar-refractivity contribution is -0.120. The van der Waals surface area contributed by atoms with Crippen LogP contribution < -0.4 is 14.4 Å². The predicted octanol–water partition coefficient (Wildman–Crippen LogP) is 5.30. The molecule has 0 aliphatic heterocycles. The third kappa shape index (κ3) is 5.63. The smallest absolute Gasteiger partial charge is 0.264 e. The Balaban J connectivity index is 1.62. The van der Waals surface area contributed by atoms with Gasteiger partial charge in [0, 0.05) is 5.02 Å². The van der Waals surface area contributed by atoms with E-state index in [-0.39, 0.29) is 10.9 Å². The van der Waals surface area contributed by atoms with E-state index >= 15 is 0 Å². The Morgan fingerprint density at radius 2 is 1.77 bits per heavy atom. The Kier molecular flexibility index (Phi) is 7.67. The highest BCUT2D eigenvalue weighted by molar-refractivity contribution is 7.92. The van der Waals surface area contributed by atoms with E-state index in [1.54, 1.807) is 24.3 Å². The Bertz CT molecular complexity index is 1310. The van der Waals surface area contributed by atoms with Crippen molar-refractivity contribution in [2.24, 2.45) is 0 Å². The van der Waals surface area contributed by atoms with E-state index in [1.165, 1.54) is 35.4 Å². The van der Waals surface area contributed by atoms with Crippen LogP contribution in [0.15, 0.2) is 71.6 Å². The first-order chi connectivity index (χ1) is 16.8. The molecule has 0 heterocycles. The molecular formula is C27H29ClN2O4S. The molecule has 0 radical (unpaired) electrons. The highest BCUT2D eigenvalue weighted by atomic mass is 35.5. The van der Waals surface area contributed by atoms with Crippen LogP contribution >= 0.6 is 11.6 Å². The Morgan fingerprint density at radius 3 is 2.51 bits per heavy atom. The zero-order chi connectivity index (χ0) is 25.0. The summed E-state index contributed by atoms with van der Waals surface area (Å²) in [6.07, 6.45) is 3.29. The first-order valence-corrected chi connectivity index (χ1v) is 13.5. The fraction of sp³-hybridized carbons (Fsp3) is 0.296. The number of hydrogen-bond acceptors (Lipinski definition) is 4. The summed E-state index contributed by atoms with van der Waals surface area (Å²) in [4.78, 5) is 13.2. The van der Waals surface area contributed by atoms with Gasteiger partial charge in [0.15, 0.2) is 0 Å². The topological polar surface area (TPSA) is 75.7 Å². The van der Waals surface area contributed by atoms with Crippen molar-refractivity contribution in [1.82, 2.24) is 5.32 Å². The van der Waals surface area contributed by atoms with E-state index in [9.17, 15) is 13.2 Å². The number of halogens is 1. The van der Waals surface area contributed by atoms with Crippen molar-refractivity contribution >= 4 is 33.2 Å². The molecule has 0 saturated carbocycles. The van der Waals surface area contributed by atoms with Crippen molar-refractivity contribution in [3.05, 3.63) is 88.4 Å². The summed E-state index contributed by atoms with van der Waals surface area (Å²) in [6, 6.07) is 18.7. The lowest BCUT2D eigenvalue weighted by Crippen LogP contribution is -2.41. The maximum absolute atomic E-state index is 13.7. The lowest BCUT2D eigenvalue weighted by Gasteiger charge is -2.26. The lowest BCUT2D eigenvalue weighted by atomic mass is 10.0. The molecule has 1 aliphatic rings. The molecule has 1 N–H and O–H groups in total. The van der Waals surface area contributed by atoms with Crippen LogP contribution in [-0.4, -0.2) is 27.5 Å². The van der Waals surface area contributed by atoms with Crippen LogP contribution in [0.2, 0.25) is 5.02 Å². The van der Waals surface area contributed by atoms with E-state index in [0.717, 1.165) is 29.1 Å². The number of amides is 1. The summed E-state index contributed by atoms with van der Waals surface area (Å²) in [5.41, 5.74) is 3.98. The SMILES string of the molecule is CCOc1ccccc1N(CC(=O)NC(C)c1ccc2c(c1)CCC2)S(=O)(=O)c1ccc(Cl)cc1. The molecule has 1 atom stereocenters. The average Bonchev–Trinajstić information content (AvgIpc) is 3.31. The van der Waals surface area contributed by atoms with Crippen LogP contribution in [0.3, 0.4) is 0 Å². The standard InChI is InChI=1S/C27H29ClN2O4S/c1-3-34-26-10-5-4-9-25(26)30(35(32,33)24-15-13-23(28)14-16-24)18-27(31)29-19(2)21-12-11-20-7-6-8-22(20)17-21/h4-5,9-17,19H,3,6-8,18H2,1-2H3,(H,29,31). The maximum atomic E-state index is 13.7. The normalized spacial score (nSPS) is 13.7. The second-order valence-corrected chi connectivity index (χ2v) is 10.8. The monoisotopic (exact) mass is 512 g/mol. The molecule has 35 heavy (non-hydrogen) atoms. The van der Waals surface area contributed by atoms with Gasteiger partial charge in [-0.2, -0.15) is 0 Å². The largest absolute Gasteiger partial charge is 0.492 e. The second-order valence-electron chi connectivity index (χ2n) is 8.54. The van der Waals surface area contributed by atoms with Gasteiger partial charge >= 0.3 is 0 Å². The van der Waals surface area contributed by atoms with Crippen molar-refractivity contribution in [2.45, 2.75) is 44.0 Å². The van der Waals surface area contributed by atoms with Crippen LogP contribution in [0.4, 0.5) is 5.69 Å². The van der Waals surface area contributed by atoms with E-state index in [1.807, 2.05) is 19.9 Å². The van der Waals surface area contributed by atoms with Crippen LogP contribution in [0.1, 0.15) is 43.0 Å². The van der Waals surface area contributed by atoms with Crippen molar-refractivity contribution in [1.29, 1.82) is 0 Å². The van der Waals surface area contributed by atoms with Gasteiger partial charge in [0.25, 0.3) is 10.0 Å². The number of carbonyl (C=O) groups is 1. The third-order valence-corrected chi connectivity index (χ3v) is 8.15. The molecule has 3 aromatic rings. The molecule has 0 fully saturated rings. The van der Waals surface area contributed by atoms with Gasteiger partial charge in [0.1, 0.15) is 12.3 Å². The van der Waals surface area contributed by atoms with Crippen LogP contribution in [-0.2, 0) is 27.7 Å². The molecule has 4 rings (SSSR count). The average molecular weight is 513 g/mol. The molecule has 0 saturated heterocycles. The van der Waals surface area contributed by atoms with Crippen molar-refractivity contribution in [3.63, 3.8) is 0 Å². The van der Waals surface area contributed by atoms with Crippen LogP contribution in [0.25, 0.3) is 0 Å². The van der Waals surface area contributed by atoms with Gasteiger partial charge in [-0.25, -0.2) is 8.42 Å². The van der Waals surface area contributed by atoms with E-state index in [2.05, 4.69) is 17.4 Å². The number of benzene rings is 3. The minimum Gasteiger partial charge on any atom is -0.492 e. The van der Waals surface area contributed by atoms with Crippen molar-refractivity contribution < 1.29 is 17.9 Å². The number of hydrogen-bond donors (Lipinski definition) is 1. The molecule has 3 aromatic carbocycles. The van der Waals surface area contributed by atoms with Crippen LogP contribution in [0.5, 0.6) is 5.75 Å². The van der Waals surface area contributed by atoms with Gasteiger partial charge in [-0.3, -0.25) is 9.10 Å². The number of fused-ring (bicyclic) bond motifs is 1. The van der Waals surface area contributed by atoms with Crippen molar-refractivity contribution in [2.75, 3.05) is 17.5 Å². The van der Waals surface area contributed by atoms with E-state index in [4.69, 9.17) is 16.3 Å². The van der Waals surface area contributed by atoms with Gasteiger partial charge in [-0.15, -0.1) is 0 Å². The molecule has 0 aromatic heterocycles. The molecule has 1 amide bonds. The quantitative estimate of drug-likeness (QED) is 0.422. The summed E-state index contributed by atoms with van der Waals surface area (Å²) < 4.78 is 34.1. The van der Waals surface area contributed by atoms with Gasteiger partial charge in [0.2, 0.25) is 5.91 Å². The molecule has 8 heteroatoms. The number of nitrogens with one attached hydrogen (secondary N) is 1. The fourth-order valence-corrected chi connectivity index (χ4v) is 5.89. The first-order valence-electron chi connectivity index (χ1n) is 11.7. The van der Waals surface area contributed by atoms with Gasteiger partial charge in [-0.05, 0) is 86.2 Å². The fourth-order valence-electron chi connectivity index (χ4n) is 4.34. The maximum Gasteiger partial charge on any atom is 0.264 e. The van der Waals surface area contributed by atoms with Crippen LogP contribution in [0, 0.1) is 0 Å². The predicted molar refractivity (Wildman–Crippen MR) is 139 cm³/mol. The summed E-state index contributed by atoms with van der Waals surface area (Å²) in [6.45, 7) is 3.68. The van der Waals surface area contributed by atoms with Crippen molar-refractivity contribution in [3.8, 4) is 5.75 Å². The van der Waals surface area contributed by atoms with E-state index < -0.39 is 22.5 Å². The molecular weight excluding hydrogens is 484 g/mol. The number of para-hydroxylation sites is 2. The number of nitrogens with zero attached hydrogens (tertiary/aromatic N) is 1. The van der Waals surface area contributed by atoms with E-state index in [0.29, 0.717) is 23.1 Å². The zero-order valence-corrected chi connectivity index (χ0v) is 21.4. The van der Waals surface area contributed by atoms with Gasteiger partial charge in [0.05, 0.1) is 23.2 Å². The summed E-state index contributed by atoms with van der Waals surface area (Å²) in [5, 5.41) is 3.39. The number of aryl methyl sites for hydroxylation is 2. The minimum absolute atomic E-state index is 0.0349. The Morgan fingerprint density at radius 1 is 1.06 bits per heavy atom. The number of carbonyl (C=O) groups excluding carboxylic acids is 1. The van der Waals surface area contributed by atoms with Gasteiger partial charge in [-0.1, -0.05) is 41.9 Å². The van der Waals surface area contributed by atoms with Gasteiger partial charge < -0.3 is 10.1 Å². The zero-order valence-electron chi connectivity index (χ0n) is 19.8. The molecule has 184 valence electrons. The summed E-state index contributed by atoms with van der Waals surface area (Å²) in [5.74, 6) is -0.0335. The first kappa shape index (κ1) is 25.1. The molecule has 0 spiro atoms. The Hall–Kier alpha value is -3.03. The summed E-state index contributed by atoms with van der Waals surface area (Å²) in [7, 11) is -4.08. The number of anilines is 1. The number of ether oxygens (including phenoxy) is 1. The molecule has 0 bridgehead atoms. The third-order valence-electron chi connectivity index (χ3n) is 6.12. The molecule has 1 unspecified atom stereocenters.